The van der Waals surface area contributed by atoms with E-state index in [4.69, 9.17) is 0 Å². The van der Waals surface area contributed by atoms with Crippen LogP contribution in [0.3, 0.4) is 0 Å². The number of fused-ring (bicyclic) bond motifs is 17. The van der Waals surface area contributed by atoms with Crippen LogP contribution in [-0.2, 0) is 5.41 Å². The topological polar surface area (TPSA) is 6.48 Å². The maximum atomic E-state index is 2.45. The summed E-state index contributed by atoms with van der Waals surface area (Å²) in [5.74, 6) is 0. The Morgan fingerprint density at radius 1 is 0.254 bits per heavy atom. The minimum absolute atomic E-state index is 0.528. The van der Waals surface area contributed by atoms with Gasteiger partial charge in [-0.2, -0.15) is 0 Å². The first-order valence-electron chi connectivity index (χ1n) is 21.9. The largest absolute Gasteiger partial charge is 0.310 e. The molecule has 0 amide bonds. The van der Waals surface area contributed by atoms with Gasteiger partial charge in [-0.05, 0) is 127 Å². The highest BCUT2D eigenvalue weighted by Crippen LogP contribution is 2.62. The maximum absolute atomic E-state index is 2.45. The third kappa shape index (κ3) is 5.13. The molecule has 2 heteroatoms. The summed E-state index contributed by atoms with van der Waals surface area (Å²) in [6, 6.07) is 89.8. The van der Waals surface area contributed by atoms with E-state index in [1.165, 1.54) is 83.6 Å². The van der Waals surface area contributed by atoms with Crippen LogP contribution in [-0.4, -0.2) is 0 Å². The Morgan fingerprint density at radius 3 is 1.21 bits per heavy atom. The maximum Gasteiger partial charge on any atom is 0.0725 e. The molecule has 0 saturated heterocycles. The van der Waals surface area contributed by atoms with Crippen molar-refractivity contribution in [1.29, 1.82) is 0 Å². The molecule has 0 aromatic heterocycles. The Labute approximate surface area is 368 Å². The van der Waals surface area contributed by atoms with Crippen molar-refractivity contribution < 1.29 is 0 Å². The molecule has 0 fully saturated rings. The van der Waals surface area contributed by atoms with Gasteiger partial charge in [-0.25, -0.2) is 0 Å². The van der Waals surface area contributed by atoms with Gasteiger partial charge in [0.1, 0.15) is 0 Å². The lowest BCUT2D eigenvalue weighted by Crippen LogP contribution is -2.29. The van der Waals surface area contributed by atoms with Gasteiger partial charge in [0.2, 0.25) is 0 Å². The summed E-state index contributed by atoms with van der Waals surface area (Å²) in [6.45, 7) is 0. The first-order valence-corrected chi connectivity index (χ1v) is 21.9. The molecule has 0 N–H and O–H groups in total. The molecule has 2 nitrogen and oxygen atoms in total. The number of hydrogen-bond acceptors (Lipinski definition) is 2. The number of para-hydroxylation sites is 4. The van der Waals surface area contributed by atoms with E-state index in [1.54, 1.807) is 0 Å². The molecule has 10 aromatic carbocycles. The highest BCUT2D eigenvalue weighted by Gasteiger charge is 2.49. The molecule has 0 atom stereocenters. The van der Waals surface area contributed by atoms with Crippen molar-refractivity contribution in [2.75, 3.05) is 9.80 Å². The lowest BCUT2D eigenvalue weighted by molar-refractivity contribution is 0.775. The summed E-state index contributed by atoms with van der Waals surface area (Å²) in [4.78, 5) is 4.85. The van der Waals surface area contributed by atoms with E-state index in [1.807, 2.05) is 0 Å². The van der Waals surface area contributed by atoms with Gasteiger partial charge in [0.15, 0.2) is 0 Å². The van der Waals surface area contributed by atoms with Crippen LogP contribution in [0.5, 0.6) is 0 Å². The number of rotatable bonds is 4. The van der Waals surface area contributed by atoms with Gasteiger partial charge in [-0.15, -0.1) is 0 Å². The Morgan fingerprint density at radius 2 is 0.635 bits per heavy atom. The van der Waals surface area contributed by atoms with Crippen molar-refractivity contribution >= 4 is 34.1 Å². The molecular weight excluding hydrogens is 761 g/mol. The average molecular weight is 801 g/mol. The summed E-state index contributed by atoms with van der Waals surface area (Å²) in [6.07, 6.45) is 0. The van der Waals surface area contributed by atoms with Crippen molar-refractivity contribution in [2.24, 2.45) is 0 Å². The monoisotopic (exact) mass is 800 g/mol. The van der Waals surface area contributed by atoms with Crippen molar-refractivity contribution in [3.63, 3.8) is 0 Å². The van der Waals surface area contributed by atoms with E-state index in [0.29, 0.717) is 0 Å². The minimum atomic E-state index is -0.528. The van der Waals surface area contributed by atoms with Gasteiger partial charge in [0.05, 0.1) is 16.8 Å². The summed E-state index contributed by atoms with van der Waals surface area (Å²) in [7, 11) is 0. The van der Waals surface area contributed by atoms with E-state index in [9.17, 15) is 0 Å². The molecule has 3 aliphatic rings. The van der Waals surface area contributed by atoms with Crippen LogP contribution >= 0.6 is 0 Å². The van der Waals surface area contributed by atoms with Crippen molar-refractivity contribution in [3.8, 4) is 55.6 Å². The number of hydrogen-bond donors (Lipinski definition) is 0. The van der Waals surface area contributed by atoms with Crippen molar-refractivity contribution in [3.05, 3.63) is 265 Å². The zero-order chi connectivity index (χ0) is 41.5. The second-order valence-electron chi connectivity index (χ2n) is 16.8. The summed E-state index contributed by atoms with van der Waals surface area (Å²) in [5.41, 5.74) is 23.9. The lowest BCUT2D eigenvalue weighted by atomic mass is 9.66. The molecule has 0 saturated carbocycles. The van der Waals surface area contributed by atoms with Gasteiger partial charge >= 0.3 is 0 Å². The van der Waals surface area contributed by atoms with Crippen molar-refractivity contribution in [1.82, 2.24) is 0 Å². The van der Waals surface area contributed by atoms with Gasteiger partial charge < -0.3 is 9.80 Å². The lowest BCUT2D eigenvalue weighted by Gasteiger charge is -2.35. The zero-order valence-electron chi connectivity index (χ0n) is 34.5. The van der Waals surface area contributed by atoms with E-state index in [2.05, 4.69) is 252 Å². The normalized spacial score (nSPS) is 13.2. The molecular formula is C61H40N2. The first kappa shape index (κ1) is 35.5. The highest BCUT2D eigenvalue weighted by atomic mass is 15.2. The molecule has 0 bridgehead atoms. The Balaban J connectivity index is 1.05. The fourth-order valence-electron chi connectivity index (χ4n) is 11.1. The predicted octanol–water partition coefficient (Wildman–Crippen LogP) is 16.3. The van der Waals surface area contributed by atoms with Crippen LogP contribution in [0.25, 0.3) is 55.6 Å². The fraction of sp³-hybridized carbons (Fsp3) is 0.0164. The smallest absolute Gasteiger partial charge is 0.0725 e. The van der Waals surface area contributed by atoms with Crippen LogP contribution in [0.2, 0.25) is 0 Å². The summed E-state index contributed by atoms with van der Waals surface area (Å²) >= 11 is 0. The second kappa shape index (κ2) is 13.9. The molecule has 2 aliphatic carbocycles. The molecule has 1 heterocycles. The molecule has 63 heavy (non-hydrogen) atoms. The number of anilines is 6. The highest BCUT2D eigenvalue weighted by molar-refractivity contribution is 6.04. The predicted molar refractivity (Wildman–Crippen MR) is 262 cm³/mol. The van der Waals surface area contributed by atoms with E-state index >= 15 is 0 Å². The molecule has 1 aliphatic heterocycles. The third-order valence-corrected chi connectivity index (χ3v) is 13.6. The molecule has 294 valence electrons. The van der Waals surface area contributed by atoms with Crippen LogP contribution in [0.4, 0.5) is 34.1 Å². The standard InChI is InChI=1S/C61H40N2/c1-3-19-41(20-4-1)62(43-35-37-47-51-28-12-17-33-59(51)63(42-21-5-2-6-22-42)60-34-18-13-29-52(60)53(47)39-43)44-36-38-58-54(40-44)50-27-11-16-32-57(50)61(58)55-30-14-9-25-48(55)45-23-7-8-24-46(45)49-26-10-15-31-56(49)61/h1-40H. The molecule has 10 aromatic rings. The Hall–Kier alpha value is -8.20. The molecule has 13 rings (SSSR count). The molecule has 1 spiro atoms. The summed E-state index contributed by atoms with van der Waals surface area (Å²) < 4.78 is 0. The van der Waals surface area contributed by atoms with Crippen LogP contribution in [0.15, 0.2) is 243 Å². The van der Waals surface area contributed by atoms with E-state index < -0.39 is 5.41 Å². The SMILES string of the molecule is c1ccc(N(c2ccc3c(c2)-c2ccccc2N(c2ccccc2)c2ccccc2-3)c2ccc3c(c2)-c2ccccc2C32c3ccccc3-c3ccccc3-c3ccccc32)cc1. The minimum Gasteiger partial charge on any atom is -0.310 e. The van der Waals surface area contributed by atoms with Crippen LogP contribution in [0, 0.1) is 0 Å². The third-order valence-electron chi connectivity index (χ3n) is 13.6. The van der Waals surface area contributed by atoms with Gasteiger partial charge in [0, 0.05) is 33.9 Å². The quantitative estimate of drug-likeness (QED) is 0.175. The van der Waals surface area contributed by atoms with Gasteiger partial charge in [-0.1, -0.05) is 182 Å². The van der Waals surface area contributed by atoms with Crippen molar-refractivity contribution in [2.45, 2.75) is 5.41 Å². The average Bonchev–Trinajstić information content (AvgIpc) is 3.51. The second-order valence-corrected chi connectivity index (χ2v) is 16.8. The fourth-order valence-corrected chi connectivity index (χ4v) is 11.1. The van der Waals surface area contributed by atoms with Crippen LogP contribution in [0.1, 0.15) is 22.3 Å². The first-order chi connectivity index (χ1) is 31.3. The Bertz CT molecular complexity index is 3350. The molecule has 0 radical (unpaired) electrons. The van der Waals surface area contributed by atoms with E-state index in [0.717, 1.165) is 28.4 Å². The number of benzene rings is 10. The van der Waals surface area contributed by atoms with Gasteiger partial charge in [0.25, 0.3) is 0 Å². The Kier molecular flexibility index (Phi) is 7.85. The summed E-state index contributed by atoms with van der Waals surface area (Å²) in [5, 5.41) is 0. The molecule has 0 unspecified atom stereocenters. The van der Waals surface area contributed by atoms with E-state index in [-0.39, 0.29) is 0 Å². The van der Waals surface area contributed by atoms with Crippen LogP contribution < -0.4 is 9.80 Å². The number of nitrogens with zero attached hydrogens (tertiary/aromatic N) is 2. The zero-order valence-corrected chi connectivity index (χ0v) is 34.5. The van der Waals surface area contributed by atoms with Gasteiger partial charge in [-0.3, -0.25) is 0 Å².